The summed E-state index contributed by atoms with van der Waals surface area (Å²) in [6.45, 7) is 1.37. The highest BCUT2D eigenvalue weighted by molar-refractivity contribution is 6.04. The Kier molecular flexibility index (Phi) is 3.80. The molecular formula is C20H19N5O4. The highest BCUT2D eigenvalue weighted by atomic mass is 16.6. The van der Waals surface area contributed by atoms with E-state index in [2.05, 4.69) is 5.10 Å². The third kappa shape index (κ3) is 2.65. The summed E-state index contributed by atoms with van der Waals surface area (Å²) in [6, 6.07) is 10.6. The number of benzene rings is 1. The lowest BCUT2D eigenvalue weighted by Crippen LogP contribution is -2.49. The number of aromatic nitrogens is 3. The van der Waals surface area contributed by atoms with E-state index in [1.807, 2.05) is 36.2 Å². The van der Waals surface area contributed by atoms with Crippen molar-refractivity contribution >= 4 is 22.5 Å². The van der Waals surface area contributed by atoms with Crippen molar-refractivity contribution in [2.45, 2.75) is 18.9 Å². The maximum Gasteiger partial charge on any atom is 0.334 e. The minimum Gasteiger partial charge on any atom is -0.336 e. The van der Waals surface area contributed by atoms with Crippen molar-refractivity contribution in [1.82, 2.24) is 19.2 Å². The van der Waals surface area contributed by atoms with E-state index in [-0.39, 0.29) is 17.7 Å². The van der Waals surface area contributed by atoms with Gasteiger partial charge >= 0.3 is 11.2 Å². The molecule has 29 heavy (non-hydrogen) atoms. The normalized spacial score (nSPS) is 20.5. The number of piperidine rings is 1. The third-order valence-electron chi connectivity index (χ3n) is 6.03. The number of pyridine rings is 1. The summed E-state index contributed by atoms with van der Waals surface area (Å²) < 4.78 is 3.23. The van der Waals surface area contributed by atoms with Gasteiger partial charge in [-0.25, -0.2) is 0 Å². The zero-order valence-corrected chi connectivity index (χ0v) is 15.8. The molecule has 2 atom stereocenters. The van der Waals surface area contributed by atoms with E-state index in [1.54, 1.807) is 10.7 Å². The maximum absolute atomic E-state index is 13.3. The number of rotatable bonds is 2. The molecule has 9 nitrogen and oxygen atoms in total. The summed E-state index contributed by atoms with van der Waals surface area (Å²) in [5.41, 5.74) is 1.14. The summed E-state index contributed by atoms with van der Waals surface area (Å²) in [4.78, 5) is 38.0. The SMILES string of the molecule is Cn1nc(C(=O)N2C[C@H]3C[C@@H](C2)c2ccc([N+](=O)[O-])c(=O)n2C3)c2ccccc21. The molecule has 1 saturated heterocycles. The van der Waals surface area contributed by atoms with Crippen LogP contribution in [0.4, 0.5) is 5.69 Å². The van der Waals surface area contributed by atoms with Gasteiger partial charge in [-0.3, -0.25) is 24.4 Å². The third-order valence-corrected chi connectivity index (χ3v) is 6.03. The Morgan fingerprint density at radius 3 is 2.76 bits per heavy atom. The minimum atomic E-state index is -0.637. The highest BCUT2D eigenvalue weighted by Gasteiger charge is 2.38. The van der Waals surface area contributed by atoms with Gasteiger partial charge in [-0.1, -0.05) is 18.2 Å². The van der Waals surface area contributed by atoms with Gasteiger partial charge in [-0.15, -0.1) is 0 Å². The average molecular weight is 393 g/mol. The first kappa shape index (κ1) is 17.6. The van der Waals surface area contributed by atoms with Gasteiger partial charge in [0.2, 0.25) is 0 Å². The molecule has 1 aromatic carbocycles. The first-order valence-corrected chi connectivity index (χ1v) is 9.53. The number of fused-ring (bicyclic) bond motifs is 5. The standard InChI is InChI=1S/C20H19N5O4/c1-22-16-5-3-2-4-14(16)18(21-22)20(27)23-9-12-8-13(11-23)15-6-7-17(25(28)29)19(26)24(15)10-12/h2-7,12-13H,8-11H2,1H3/t12-,13+/m1/s1. The summed E-state index contributed by atoms with van der Waals surface area (Å²) in [6.07, 6.45) is 0.865. The Hall–Kier alpha value is -3.49. The molecule has 3 aromatic rings. The fourth-order valence-corrected chi connectivity index (χ4v) is 4.76. The van der Waals surface area contributed by atoms with Gasteiger partial charge in [-0.05, 0) is 24.5 Å². The fraction of sp³-hybridized carbons (Fsp3) is 0.350. The molecule has 148 valence electrons. The Morgan fingerprint density at radius 2 is 1.97 bits per heavy atom. The number of amides is 1. The van der Waals surface area contributed by atoms with E-state index < -0.39 is 16.2 Å². The zero-order chi connectivity index (χ0) is 20.3. The van der Waals surface area contributed by atoms with Crippen LogP contribution >= 0.6 is 0 Å². The molecule has 5 rings (SSSR count). The molecule has 0 N–H and O–H groups in total. The number of aryl methyl sites for hydroxylation is 1. The van der Waals surface area contributed by atoms with Crippen LogP contribution in [0.3, 0.4) is 0 Å². The molecule has 2 bridgehead atoms. The minimum absolute atomic E-state index is 0.0186. The van der Waals surface area contributed by atoms with Crippen molar-refractivity contribution < 1.29 is 9.72 Å². The molecule has 4 heterocycles. The Balaban J connectivity index is 1.49. The van der Waals surface area contributed by atoms with E-state index in [9.17, 15) is 19.7 Å². The molecule has 9 heteroatoms. The van der Waals surface area contributed by atoms with E-state index in [0.717, 1.165) is 23.0 Å². The van der Waals surface area contributed by atoms with Crippen LogP contribution in [0.2, 0.25) is 0 Å². The van der Waals surface area contributed by atoms with Crippen LogP contribution in [0.5, 0.6) is 0 Å². The number of carbonyl (C=O) groups excluding carboxylic acids is 1. The van der Waals surface area contributed by atoms with Gasteiger partial charge in [0, 0.05) is 49.7 Å². The Bertz CT molecular complexity index is 1230. The summed E-state index contributed by atoms with van der Waals surface area (Å²) in [5.74, 6) is -0.0518. The van der Waals surface area contributed by atoms with E-state index in [4.69, 9.17) is 0 Å². The van der Waals surface area contributed by atoms with Gasteiger partial charge in [0.1, 0.15) is 0 Å². The lowest BCUT2D eigenvalue weighted by molar-refractivity contribution is -0.386. The summed E-state index contributed by atoms with van der Waals surface area (Å²) in [7, 11) is 1.82. The van der Waals surface area contributed by atoms with Gasteiger partial charge in [0.15, 0.2) is 5.69 Å². The predicted molar refractivity (Wildman–Crippen MR) is 105 cm³/mol. The van der Waals surface area contributed by atoms with Crippen LogP contribution in [0.15, 0.2) is 41.2 Å². The topological polar surface area (TPSA) is 103 Å². The van der Waals surface area contributed by atoms with Crippen LogP contribution < -0.4 is 5.56 Å². The van der Waals surface area contributed by atoms with Crippen LogP contribution in [0.25, 0.3) is 10.9 Å². The molecule has 1 amide bonds. The average Bonchev–Trinajstić information content (AvgIpc) is 3.05. The Morgan fingerprint density at radius 1 is 1.17 bits per heavy atom. The molecule has 2 aliphatic heterocycles. The predicted octanol–water partition coefficient (Wildman–Crippen LogP) is 1.90. The lowest BCUT2D eigenvalue weighted by atomic mass is 9.83. The molecule has 2 aliphatic rings. The number of likely N-dealkylation sites (tertiary alicyclic amines) is 1. The van der Waals surface area contributed by atoms with Crippen molar-refractivity contribution in [3.63, 3.8) is 0 Å². The number of nitrogens with zero attached hydrogens (tertiary/aromatic N) is 5. The number of hydrogen-bond acceptors (Lipinski definition) is 5. The van der Waals surface area contributed by atoms with Crippen molar-refractivity contribution in [3.05, 3.63) is 68.3 Å². The molecule has 2 aromatic heterocycles. The molecule has 0 spiro atoms. The van der Waals surface area contributed by atoms with Gasteiger partial charge in [0.05, 0.1) is 10.4 Å². The molecule has 0 saturated carbocycles. The van der Waals surface area contributed by atoms with Gasteiger partial charge in [-0.2, -0.15) is 5.10 Å². The smallest absolute Gasteiger partial charge is 0.334 e. The first-order chi connectivity index (χ1) is 13.9. The highest BCUT2D eigenvalue weighted by Crippen LogP contribution is 2.36. The summed E-state index contributed by atoms with van der Waals surface area (Å²) >= 11 is 0. The summed E-state index contributed by atoms with van der Waals surface area (Å²) in [5, 5.41) is 16.4. The van der Waals surface area contributed by atoms with Crippen molar-refractivity contribution in [3.8, 4) is 0 Å². The van der Waals surface area contributed by atoms with Gasteiger partial charge < -0.3 is 9.47 Å². The molecule has 0 unspecified atom stereocenters. The van der Waals surface area contributed by atoms with Gasteiger partial charge in [0.25, 0.3) is 5.91 Å². The second-order valence-corrected chi connectivity index (χ2v) is 7.81. The van der Waals surface area contributed by atoms with E-state index >= 15 is 0 Å². The maximum atomic E-state index is 13.3. The molecule has 0 aliphatic carbocycles. The van der Waals surface area contributed by atoms with E-state index in [0.29, 0.717) is 25.3 Å². The zero-order valence-electron chi connectivity index (χ0n) is 15.8. The second-order valence-electron chi connectivity index (χ2n) is 7.81. The monoisotopic (exact) mass is 393 g/mol. The Labute approximate surface area is 165 Å². The quantitative estimate of drug-likeness (QED) is 0.489. The van der Waals surface area contributed by atoms with Crippen molar-refractivity contribution in [1.29, 1.82) is 0 Å². The van der Waals surface area contributed by atoms with E-state index in [1.165, 1.54) is 10.6 Å². The lowest BCUT2D eigenvalue weighted by Gasteiger charge is -2.42. The second kappa shape index (κ2) is 6.26. The van der Waals surface area contributed by atoms with Crippen LogP contribution in [0.1, 0.15) is 28.5 Å². The van der Waals surface area contributed by atoms with Crippen LogP contribution in [-0.2, 0) is 13.6 Å². The number of hydrogen-bond donors (Lipinski definition) is 0. The number of para-hydroxylation sites is 1. The van der Waals surface area contributed by atoms with Crippen molar-refractivity contribution in [2.75, 3.05) is 13.1 Å². The number of carbonyl (C=O) groups is 1. The van der Waals surface area contributed by atoms with Crippen molar-refractivity contribution in [2.24, 2.45) is 13.0 Å². The first-order valence-electron chi connectivity index (χ1n) is 9.53. The molecule has 0 radical (unpaired) electrons. The largest absolute Gasteiger partial charge is 0.336 e. The molecular weight excluding hydrogens is 374 g/mol. The van der Waals surface area contributed by atoms with Crippen LogP contribution in [0, 0.1) is 16.0 Å². The molecule has 1 fully saturated rings. The van der Waals surface area contributed by atoms with Crippen LogP contribution in [-0.4, -0.2) is 43.2 Å². The number of nitro groups is 1. The fourth-order valence-electron chi connectivity index (χ4n) is 4.76.